The van der Waals surface area contributed by atoms with E-state index in [1.807, 2.05) is 0 Å². The van der Waals surface area contributed by atoms with E-state index in [-0.39, 0.29) is 0 Å². The molecule has 0 aromatic carbocycles. The van der Waals surface area contributed by atoms with Crippen molar-refractivity contribution in [1.82, 2.24) is 0 Å². The summed E-state index contributed by atoms with van der Waals surface area (Å²) in [6, 6.07) is 0. The molecule has 2 nitrogen and oxygen atoms in total. The van der Waals surface area contributed by atoms with Gasteiger partial charge in [0.2, 0.25) is 0 Å². The van der Waals surface area contributed by atoms with Crippen LogP contribution in [0.25, 0.3) is 0 Å². The maximum atomic E-state index is 10.4. The van der Waals surface area contributed by atoms with Gasteiger partial charge in [-0.15, -0.1) is 13.2 Å². The fourth-order valence-corrected chi connectivity index (χ4v) is 1.73. The lowest BCUT2D eigenvalue weighted by Crippen LogP contribution is -2.35. The largest absolute Gasteiger partial charge is 0.481 e. The predicted octanol–water partition coefficient (Wildman–Crippen LogP) is 4.83. The Bertz CT molecular complexity index is 231. The van der Waals surface area contributed by atoms with E-state index in [1.54, 1.807) is 6.92 Å². The van der Waals surface area contributed by atoms with Crippen molar-refractivity contribution < 1.29 is 9.90 Å². The summed E-state index contributed by atoms with van der Waals surface area (Å²) in [6.07, 6.45) is 7.34. The predicted molar refractivity (Wildman–Crippen MR) is 79.2 cm³/mol. The molecule has 0 aliphatic heterocycles. The summed E-state index contributed by atoms with van der Waals surface area (Å²) in [7, 11) is 0. The van der Waals surface area contributed by atoms with E-state index >= 15 is 0 Å². The minimum atomic E-state index is -0.699. The van der Waals surface area contributed by atoms with Gasteiger partial charge in [0.25, 0.3) is 0 Å². The molecule has 0 bridgehead atoms. The molecule has 1 fully saturated rings. The van der Waals surface area contributed by atoms with Gasteiger partial charge in [-0.3, -0.25) is 4.79 Å². The van der Waals surface area contributed by atoms with Crippen molar-refractivity contribution in [3.63, 3.8) is 0 Å². The van der Waals surface area contributed by atoms with Crippen molar-refractivity contribution in [3.8, 4) is 0 Å². The van der Waals surface area contributed by atoms with Gasteiger partial charge < -0.3 is 12.0 Å². The van der Waals surface area contributed by atoms with Crippen molar-refractivity contribution in [2.24, 2.45) is 5.41 Å². The molecule has 1 saturated carbocycles. The smallest absolute Gasteiger partial charge is 0.309 e. The third kappa shape index (κ3) is 7.99. The van der Waals surface area contributed by atoms with E-state index in [4.69, 9.17) is 5.11 Å². The lowest BCUT2D eigenvalue weighted by atomic mass is 9.68. The van der Waals surface area contributed by atoms with Crippen LogP contribution in [-0.4, -0.2) is 11.1 Å². The van der Waals surface area contributed by atoms with E-state index < -0.39 is 11.4 Å². The molecule has 0 radical (unpaired) electrons. The highest BCUT2D eigenvalue weighted by molar-refractivity contribution is 5.77. The Morgan fingerprint density at radius 1 is 1.39 bits per heavy atom. The molecule has 1 aliphatic carbocycles. The van der Waals surface area contributed by atoms with Crippen LogP contribution in [0.2, 0.25) is 0 Å². The molecule has 1 rings (SSSR count). The molecule has 0 unspecified atom stereocenters. The molecule has 1 N–H and O–H groups in total. The van der Waals surface area contributed by atoms with Gasteiger partial charge >= 0.3 is 5.97 Å². The van der Waals surface area contributed by atoms with Crippen molar-refractivity contribution in [2.45, 2.75) is 51.9 Å². The average Bonchev–Trinajstić information content (AvgIpc) is 2.31. The highest BCUT2D eigenvalue weighted by Crippen LogP contribution is 2.43. The van der Waals surface area contributed by atoms with Crippen LogP contribution in [-0.2, 0) is 4.79 Å². The van der Waals surface area contributed by atoms with Crippen LogP contribution in [0, 0.1) is 19.3 Å². The molecule has 0 saturated heterocycles. The second-order valence-electron chi connectivity index (χ2n) is 4.74. The highest BCUT2D eigenvalue weighted by Gasteiger charge is 2.41. The van der Waals surface area contributed by atoms with Gasteiger partial charge in [-0.25, -0.2) is 0 Å². The van der Waals surface area contributed by atoms with E-state index in [0.29, 0.717) is 12.8 Å². The number of unbranched alkanes of at least 4 members (excludes halogenated alkanes) is 4. The Hall–Kier alpha value is -1.18. The quantitative estimate of drug-likeness (QED) is 0.432. The van der Waals surface area contributed by atoms with E-state index in [2.05, 4.69) is 33.6 Å². The molecular weight excluding hydrogens is 224 g/mol. The van der Waals surface area contributed by atoms with Crippen molar-refractivity contribution in [2.75, 3.05) is 0 Å². The van der Waals surface area contributed by atoms with E-state index in [0.717, 1.165) is 18.4 Å². The third-order valence-corrected chi connectivity index (χ3v) is 2.80. The zero-order chi connectivity index (χ0) is 14.6. The molecule has 0 heterocycles. The number of allylic oxidation sites excluding steroid dienone is 1. The summed E-state index contributed by atoms with van der Waals surface area (Å²) in [6.45, 7) is 18.9. The van der Waals surface area contributed by atoms with Crippen LogP contribution in [0.3, 0.4) is 0 Å². The third-order valence-electron chi connectivity index (χ3n) is 2.80. The van der Waals surface area contributed by atoms with Crippen LogP contribution in [0.15, 0.2) is 25.3 Å². The van der Waals surface area contributed by atoms with Crippen LogP contribution in [0.5, 0.6) is 0 Å². The number of hydrogen-bond donors (Lipinski definition) is 1. The molecule has 104 valence electrons. The normalized spacial score (nSPS) is 15.3. The second-order valence-corrected chi connectivity index (χ2v) is 4.74. The zero-order valence-electron chi connectivity index (χ0n) is 11.8. The molecule has 0 atom stereocenters. The second kappa shape index (κ2) is 10.9. The molecular formula is C16H28O2. The van der Waals surface area contributed by atoms with Crippen LogP contribution in [0.1, 0.15) is 51.9 Å². The topological polar surface area (TPSA) is 37.3 Å². The van der Waals surface area contributed by atoms with E-state index in [9.17, 15) is 4.79 Å². The van der Waals surface area contributed by atoms with Crippen molar-refractivity contribution in [3.05, 3.63) is 39.2 Å². The standard InChI is InChI=1S/C7H10O2.C7H14.C2H4/c1-5-3-7(2,4-5)6(8)9;1-3-5-7-6-4-2;1-2/h1,3-4H2,2H3,(H,8,9);1-7H2;1-2H2. The first-order chi connectivity index (χ1) is 8.46. The summed E-state index contributed by atoms with van der Waals surface area (Å²) in [4.78, 5) is 10.4. The molecule has 0 spiro atoms. The zero-order valence-corrected chi connectivity index (χ0v) is 11.8. The van der Waals surface area contributed by atoms with Gasteiger partial charge in [-0.1, -0.05) is 25.0 Å². The lowest BCUT2D eigenvalue weighted by molar-refractivity contribution is -0.150. The Labute approximate surface area is 113 Å². The lowest BCUT2D eigenvalue weighted by Gasteiger charge is -2.35. The van der Waals surface area contributed by atoms with Crippen LogP contribution < -0.4 is 0 Å². The minimum Gasteiger partial charge on any atom is -0.481 e. The van der Waals surface area contributed by atoms with Gasteiger partial charge in [-0.05, 0) is 26.2 Å². The number of aliphatic carboxylic acids is 1. The maximum Gasteiger partial charge on any atom is 0.309 e. The SMILES string of the molecule is C=C.C=C1CC(C)(C(=O)O)C1.[CH2+]CCCCC[CH2-]. The summed E-state index contributed by atoms with van der Waals surface area (Å²) >= 11 is 0. The maximum absolute atomic E-state index is 10.4. The minimum absolute atomic E-state index is 0.489. The number of carboxylic acids is 1. The first kappa shape index (κ1) is 19.2. The summed E-state index contributed by atoms with van der Waals surface area (Å²) < 4.78 is 0. The fourth-order valence-electron chi connectivity index (χ4n) is 1.73. The number of rotatable bonds is 5. The van der Waals surface area contributed by atoms with Gasteiger partial charge in [0.15, 0.2) is 0 Å². The van der Waals surface area contributed by atoms with Gasteiger partial charge in [-0.2, -0.15) is 6.42 Å². The van der Waals surface area contributed by atoms with Gasteiger partial charge in [0, 0.05) is 0 Å². The monoisotopic (exact) mass is 252 g/mol. The number of carbonyl (C=O) groups is 1. The summed E-state index contributed by atoms with van der Waals surface area (Å²) in [5, 5.41) is 8.57. The molecule has 0 amide bonds. The first-order valence-corrected chi connectivity index (χ1v) is 6.45. The van der Waals surface area contributed by atoms with Crippen LogP contribution >= 0.6 is 0 Å². The molecule has 0 aromatic heterocycles. The average molecular weight is 252 g/mol. The molecule has 18 heavy (non-hydrogen) atoms. The first-order valence-electron chi connectivity index (χ1n) is 6.45. The molecule has 1 aliphatic rings. The summed E-state index contributed by atoms with van der Waals surface area (Å²) in [5.41, 5.74) is 0.566. The van der Waals surface area contributed by atoms with E-state index in [1.165, 1.54) is 19.3 Å². The fraction of sp³-hybridized carbons (Fsp3) is 0.562. The van der Waals surface area contributed by atoms with Gasteiger partial charge in [0.1, 0.15) is 0 Å². The number of hydrogen-bond acceptors (Lipinski definition) is 1. The van der Waals surface area contributed by atoms with Crippen molar-refractivity contribution >= 4 is 5.97 Å². The van der Waals surface area contributed by atoms with Crippen molar-refractivity contribution in [1.29, 1.82) is 0 Å². The molecule has 0 aromatic rings. The summed E-state index contributed by atoms with van der Waals surface area (Å²) in [5.74, 6) is -0.699. The highest BCUT2D eigenvalue weighted by atomic mass is 16.4. The Morgan fingerprint density at radius 3 is 2.11 bits per heavy atom. The molecule has 2 heteroatoms. The Kier molecular flexibility index (Phi) is 11.7. The Balaban J connectivity index is 0. The van der Waals surface area contributed by atoms with Crippen LogP contribution in [0.4, 0.5) is 0 Å². The Morgan fingerprint density at radius 2 is 1.89 bits per heavy atom. The van der Waals surface area contributed by atoms with Gasteiger partial charge in [0.05, 0.1) is 18.8 Å². The number of carboxylic acid groups (broad SMARTS) is 1.